The van der Waals surface area contributed by atoms with Crippen LogP contribution in [0.1, 0.15) is 22.3 Å². The molecule has 168 valence electrons. The van der Waals surface area contributed by atoms with Crippen LogP contribution in [-0.2, 0) is 46.3 Å². The summed E-state index contributed by atoms with van der Waals surface area (Å²) in [5.41, 5.74) is 2.89. The van der Waals surface area contributed by atoms with Gasteiger partial charge in [-0.2, -0.15) is 25.4 Å². The molecule has 2 heterocycles. The highest BCUT2D eigenvalue weighted by Gasteiger charge is 2.36. The summed E-state index contributed by atoms with van der Waals surface area (Å²) in [6.45, 7) is 0.0634. The molecule has 13 heteroatoms. The van der Waals surface area contributed by atoms with Gasteiger partial charge >= 0.3 is 0 Å². The van der Waals surface area contributed by atoms with Gasteiger partial charge in [0.2, 0.25) is 0 Å². The van der Waals surface area contributed by atoms with Crippen molar-refractivity contribution in [3.8, 4) is 0 Å². The Morgan fingerprint density at radius 2 is 1.06 bits per heavy atom. The van der Waals surface area contributed by atoms with E-state index in [2.05, 4.69) is 0 Å². The number of nitrogens with zero attached hydrogens (tertiary/aromatic N) is 2. The van der Waals surface area contributed by atoms with Gasteiger partial charge in [-0.05, 0) is 47.2 Å². The number of rotatable bonds is 4. The predicted molar refractivity (Wildman–Crippen MR) is 122 cm³/mol. The summed E-state index contributed by atoms with van der Waals surface area (Å²) < 4.78 is 55.5. The van der Waals surface area contributed by atoms with Crippen LogP contribution in [0.4, 0.5) is 0 Å². The fourth-order valence-electron chi connectivity index (χ4n) is 3.73. The summed E-state index contributed by atoms with van der Waals surface area (Å²) in [4.78, 5) is 0. The molecule has 1 N–H and O–H groups in total. The first kappa shape index (κ1) is 23.5. The molecule has 0 unspecified atom stereocenters. The molecular weight excluding hydrogens is 528 g/mol. The lowest BCUT2D eigenvalue weighted by Gasteiger charge is -2.32. The van der Waals surface area contributed by atoms with Crippen molar-refractivity contribution >= 4 is 66.8 Å². The fourth-order valence-corrected chi connectivity index (χ4v) is 7.74. The molecule has 0 radical (unpaired) electrons. The molecule has 7 nitrogen and oxygen atoms in total. The van der Waals surface area contributed by atoms with Crippen LogP contribution in [0.25, 0.3) is 0 Å². The zero-order chi connectivity index (χ0) is 22.6. The fraction of sp³-hybridized carbons (Fsp3) is 0.333. The minimum Gasteiger partial charge on any atom is -0.194 e. The number of hydrogen-bond acceptors (Lipinski definition) is 4. The molecule has 2 aliphatic heterocycles. The third-order valence-corrected chi connectivity index (χ3v) is 10.8. The van der Waals surface area contributed by atoms with E-state index >= 15 is 0 Å². The van der Waals surface area contributed by atoms with Crippen molar-refractivity contribution in [2.75, 3.05) is 13.1 Å². The second-order valence-electron chi connectivity index (χ2n) is 7.26. The molecule has 2 aromatic carbocycles. The van der Waals surface area contributed by atoms with Gasteiger partial charge < -0.3 is 0 Å². The number of hydrogen-bond donors (Lipinski definition) is 1. The van der Waals surface area contributed by atoms with Crippen molar-refractivity contribution in [2.45, 2.75) is 25.9 Å². The molecule has 4 rings (SSSR count). The Balaban J connectivity index is 1.55. The van der Waals surface area contributed by atoms with Crippen LogP contribution in [0.15, 0.2) is 24.3 Å². The Morgan fingerprint density at radius 3 is 1.45 bits per heavy atom. The SMILES string of the molecule is O=S(=O)(NS(=O)(=O)N1CCc2ccc(Cl)c(Cl)c2C1)N1CCc2ccc(Cl)c(Cl)c2C1. The lowest BCUT2D eigenvalue weighted by Crippen LogP contribution is -2.51. The first-order valence-electron chi connectivity index (χ1n) is 9.20. The molecule has 0 spiro atoms. The molecule has 2 aliphatic rings. The smallest absolute Gasteiger partial charge is 0.194 e. The maximum Gasteiger partial charge on any atom is 0.293 e. The first-order valence-corrected chi connectivity index (χ1v) is 13.6. The van der Waals surface area contributed by atoms with Crippen molar-refractivity contribution in [3.05, 3.63) is 66.6 Å². The zero-order valence-electron chi connectivity index (χ0n) is 15.9. The van der Waals surface area contributed by atoms with Crippen LogP contribution in [0.3, 0.4) is 0 Å². The van der Waals surface area contributed by atoms with Crippen LogP contribution < -0.4 is 4.13 Å². The van der Waals surface area contributed by atoms with Gasteiger partial charge in [0.1, 0.15) is 0 Å². The van der Waals surface area contributed by atoms with Gasteiger partial charge in [0.15, 0.2) is 0 Å². The van der Waals surface area contributed by atoms with Crippen molar-refractivity contribution in [1.82, 2.24) is 12.7 Å². The molecule has 31 heavy (non-hydrogen) atoms. The molecule has 0 amide bonds. The van der Waals surface area contributed by atoms with E-state index in [1.807, 2.05) is 4.13 Å². The van der Waals surface area contributed by atoms with Crippen LogP contribution in [-0.4, -0.2) is 38.5 Å². The quantitative estimate of drug-likeness (QED) is 0.634. The highest BCUT2D eigenvalue weighted by Crippen LogP contribution is 2.34. The summed E-state index contributed by atoms with van der Waals surface area (Å²) >= 11 is 24.6. The highest BCUT2D eigenvalue weighted by molar-refractivity contribution is 8.02. The molecule has 0 aromatic heterocycles. The Bertz CT molecular complexity index is 1170. The molecule has 0 bridgehead atoms. The van der Waals surface area contributed by atoms with Crippen molar-refractivity contribution < 1.29 is 16.8 Å². The van der Waals surface area contributed by atoms with Crippen LogP contribution in [0, 0.1) is 0 Å². The molecule has 0 aliphatic carbocycles. The van der Waals surface area contributed by atoms with Crippen molar-refractivity contribution in [1.29, 1.82) is 0 Å². The van der Waals surface area contributed by atoms with Crippen molar-refractivity contribution in [2.24, 2.45) is 0 Å². The number of benzene rings is 2. The summed E-state index contributed by atoms with van der Waals surface area (Å²) in [5.74, 6) is 0. The predicted octanol–water partition coefficient (Wildman–Crippen LogP) is 3.80. The second kappa shape index (κ2) is 8.62. The third kappa shape index (κ3) is 4.58. The van der Waals surface area contributed by atoms with E-state index in [-0.39, 0.29) is 36.2 Å². The minimum absolute atomic E-state index is 0.0795. The van der Waals surface area contributed by atoms with Crippen LogP contribution >= 0.6 is 46.4 Å². The first-order chi connectivity index (χ1) is 14.5. The van der Waals surface area contributed by atoms with E-state index in [9.17, 15) is 16.8 Å². The number of fused-ring (bicyclic) bond motifs is 2. The average Bonchev–Trinajstić information content (AvgIpc) is 2.72. The molecule has 0 atom stereocenters. The van der Waals surface area contributed by atoms with E-state index < -0.39 is 20.4 Å². The number of nitrogens with one attached hydrogen (secondary N) is 1. The Labute approximate surface area is 201 Å². The van der Waals surface area contributed by atoms with Gasteiger partial charge in [0.05, 0.1) is 20.1 Å². The standard InChI is InChI=1S/C18H17Cl4N3O4S2/c19-15-3-1-11-5-7-24(9-13(11)17(15)21)30(26,27)23-31(28,29)25-8-6-12-2-4-16(20)18(22)14(12)10-25/h1-4,23H,5-10H2. The van der Waals surface area contributed by atoms with Crippen LogP contribution in [0.2, 0.25) is 20.1 Å². The molecule has 2 aromatic rings. The highest BCUT2D eigenvalue weighted by atomic mass is 35.5. The lowest BCUT2D eigenvalue weighted by molar-refractivity contribution is 0.375. The third-order valence-electron chi connectivity index (χ3n) is 5.41. The van der Waals surface area contributed by atoms with Crippen LogP contribution in [0.5, 0.6) is 0 Å². The molecule has 0 saturated heterocycles. The maximum absolute atomic E-state index is 12.9. The maximum atomic E-state index is 12.9. The van der Waals surface area contributed by atoms with Gasteiger partial charge in [-0.15, -0.1) is 0 Å². The molecule has 0 fully saturated rings. The van der Waals surface area contributed by atoms with E-state index in [4.69, 9.17) is 46.4 Å². The molecule has 0 saturated carbocycles. The topological polar surface area (TPSA) is 86.8 Å². The number of halogens is 4. The van der Waals surface area contributed by atoms with Gasteiger partial charge in [-0.25, -0.2) is 0 Å². The Morgan fingerprint density at radius 1 is 0.677 bits per heavy atom. The Hall–Kier alpha value is -0.620. The zero-order valence-corrected chi connectivity index (χ0v) is 20.6. The monoisotopic (exact) mass is 543 g/mol. The normalized spacial score (nSPS) is 17.9. The largest absolute Gasteiger partial charge is 0.293 e. The average molecular weight is 545 g/mol. The summed E-state index contributed by atoms with van der Waals surface area (Å²) in [5, 5.41) is 1.15. The minimum atomic E-state index is -4.37. The van der Waals surface area contributed by atoms with Crippen molar-refractivity contribution in [3.63, 3.8) is 0 Å². The lowest BCUT2D eigenvalue weighted by atomic mass is 10.0. The van der Waals surface area contributed by atoms with E-state index in [1.54, 1.807) is 24.3 Å². The van der Waals surface area contributed by atoms with E-state index in [0.717, 1.165) is 19.7 Å². The second-order valence-corrected chi connectivity index (χ2v) is 12.4. The van der Waals surface area contributed by atoms with E-state index in [1.165, 1.54) is 0 Å². The Kier molecular flexibility index (Phi) is 6.55. The van der Waals surface area contributed by atoms with Gasteiger partial charge in [-0.1, -0.05) is 62.7 Å². The van der Waals surface area contributed by atoms with Gasteiger partial charge in [-0.3, -0.25) is 0 Å². The summed E-state index contributed by atoms with van der Waals surface area (Å²) in [7, 11) is -8.73. The molecular formula is C18H17Cl4N3O4S2. The van der Waals surface area contributed by atoms with Gasteiger partial charge in [0, 0.05) is 26.2 Å². The summed E-state index contributed by atoms with van der Waals surface area (Å²) in [6, 6.07) is 6.89. The van der Waals surface area contributed by atoms with Gasteiger partial charge in [0.25, 0.3) is 20.4 Å². The van der Waals surface area contributed by atoms with E-state index in [0.29, 0.717) is 34.0 Å². The summed E-state index contributed by atoms with van der Waals surface area (Å²) in [6.07, 6.45) is 0.775.